The van der Waals surface area contributed by atoms with Crippen molar-refractivity contribution in [2.75, 3.05) is 19.7 Å². The van der Waals surface area contributed by atoms with Gasteiger partial charge in [-0.3, -0.25) is 14.2 Å². The van der Waals surface area contributed by atoms with E-state index >= 15 is 0 Å². The van der Waals surface area contributed by atoms with Crippen molar-refractivity contribution in [3.05, 3.63) is 75.3 Å². The lowest BCUT2D eigenvalue weighted by atomic mass is 10.1. The van der Waals surface area contributed by atoms with Crippen LogP contribution in [0.25, 0.3) is 17.2 Å². The molecule has 1 aliphatic rings. The predicted octanol–water partition coefficient (Wildman–Crippen LogP) is 2.29. The third-order valence-corrected chi connectivity index (χ3v) is 7.16. The van der Waals surface area contributed by atoms with Crippen LogP contribution in [0.4, 0.5) is 13.2 Å². The number of pyridine rings is 1. The van der Waals surface area contributed by atoms with Crippen molar-refractivity contribution in [2.45, 2.75) is 45.1 Å². The number of Topliss-reactive ketones (excluding diaryl/α,β-unsaturated/α-hetero) is 1. The van der Waals surface area contributed by atoms with Crippen LogP contribution in [0, 0.1) is 0 Å². The fourth-order valence-electron chi connectivity index (χ4n) is 4.73. The van der Waals surface area contributed by atoms with Gasteiger partial charge >= 0.3 is 17.8 Å². The highest BCUT2D eigenvalue weighted by molar-refractivity contribution is 6.30. The number of esters is 1. The first-order valence-corrected chi connectivity index (χ1v) is 14.3. The molecule has 14 nitrogen and oxygen atoms in total. The van der Waals surface area contributed by atoms with E-state index in [0.717, 1.165) is 9.36 Å². The van der Waals surface area contributed by atoms with Gasteiger partial charge in [0.15, 0.2) is 29.4 Å². The molecule has 0 bridgehead atoms. The third-order valence-electron chi connectivity index (χ3n) is 6.91. The molecule has 0 radical (unpaired) electrons. The number of carbonyl (C=O) groups excluding carboxylic acids is 3. The second kappa shape index (κ2) is 13.2. The van der Waals surface area contributed by atoms with Gasteiger partial charge in [-0.05, 0) is 49.7 Å². The number of likely N-dealkylation sites (tertiary alicyclic amines) is 1. The number of amides is 1. The molecule has 1 fully saturated rings. The summed E-state index contributed by atoms with van der Waals surface area (Å²) in [6.07, 6.45) is -5.83. The number of benzene rings is 1. The molecule has 3 aromatic heterocycles. The molecular weight excluding hydrogens is 637 g/mol. The van der Waals surface area contributed by atoms with E-state index in [1.807, 2.05) is 0 Å². The molecule has 18 heteroatoms. The summed E-state index contributed by atoms with van der Waals surface area (Å²) >= 11 is 5.95. The van der Waals surface area contributed by atoms with E-state index in [4.69, 9.17) is 16.3 Å². The lowest BCUT2D eigenvalue weighted by molar-refractivity contribution is -0.207. The zero-order valence-electron chi connectivity index (χ0n) is 24.1. The second-order valence-corrected chi connectivity index (χ2v) is 10.6. The zero-order chi connectivity index (χ0) is 33.2. The molecule has 46 heavy (non-hydrogen) atoms. The highest BCUT2D eigenvalue weighted by atomic mass is 35.5. The van der Waals surface area contributed by atoms with Gasteiger partial charge in [0.1, 0.15) is 12.1 Å². The number of aliphatic hydroxyl groups is 1. The summed E-state index contributed by atoms with van der Waals surface area (Å²) in [5.41, 5.74) is -0.868. The zero-order valence-corrected chi connectivity index (χ0v) is 24.9. The van der Waals surface area contributed by atoms with Gasteiger partial charge in [0.05, 0.1) is 19.7 Å². The van der Waals surface area contributed by atoms with E-state index in [-0.39, 0.29) is 59.9 Å². The smallest absolute Gasteiger partial charge is 0.416 e. The summed E-state index contributed by atoms with van der Waals surface area (Å²) in [6.45, 7) is 0.0160. The molecule has 242 valence electrons. The molecule has 1 atom stereocenters. The number of carbonyl (C=O) groups is 3. The summed E-state index contributed by atoms with van der Waals surface area (Å²) in [5.74, 6) is -2.50. The molecule has 1 amide bonds. The molecule has 0 aliphatic carbocycles. The molecule has 0 unspecified atom stereocenters. The predicted molar refractivity (Wildman–Crippen MR) is 153 cm³/mol. The first-order chi connectivity index (χ1) is 21.9. The van der Waals surface area contributed by atoms with Gasteiger partial charge in [-0.2, -0.15) is 17.9 Å². The molecule has 1 saturated heterocycles. The van der Waals surface area contributed by atoms with Gasteiger partial charge < -0.3 is 14.7 Å². The molecule has 0 saturated carbocycles. The Morgan fingerprint density at radius 2 is 1.87 bits per heavy atom. The van der Waals surface area contributed by atoms with Crippen molar-refractivity contribution < 1.29 is 37.4 Å². The minimum Gasteiger partial charge on any atom is -0.462 e. The Morgan fingerprint density at radius 3 is 2.54 bits per heavy atom. The number of hydrogen-bond acceptors (Lipinski definition) is 10. The number of alkyl halides is 3. The first-order valence-electron chi connectivity index (χ1n) is 13.9. The number of hydrogen-bond donors (Lipinski definition) is 1. The minimum atomic E-state index is -5.02. The van der Waals surface area contributed by atoms with E-state index in [9.17, 15) is 37.5 Å². The van der Waals surface area contributed by atoms with Crippen LogP contribution in [0.5, 0.6) is 0 Å². The topological polar surface area (TPSA) is 167 Å². The van der Waals surface area contributed by atoms with E-state index in [0.29, 0.717) is 22.4 Å². The van der Waals surface area contributed by atoms with Gasteiger partial charge in [0.2, 0.25) is 5.82 Å². The number of nitrogens with zero attached hydrogens (tertiary/aromatic N) is 8. The second-order valence-electron chi connectivity index (χ2n) is 10.2. The summed E-state index contributed by atoms with van der Waals surface area (Å²) in [6, 6.07) is 8.64. The maximum Gasteiger partial charge on any atom is 0.416 e. The van der Waals surface area contributed by atoms with Gasteiger partial charge in [-0.15, -0.1) is 10.2 Å². The van der Waals surface area contributed by atoms with Gasteiger partial charge in [-0.25, -0.2) is 24.2 Å². The summed E-state index contributed by atoms with van der Waals surface area (Å²) < 4.78 is 47.4. The quantitative estimate of drug-likeness (QED) is 0.263. The first kappa shape index (κ1) is 32.5. The molecule has 1 aliphatic heterocycles. The van der Waals surface area contributed by atoms with Crippen LogP contribution in [0.2, 0.25) is 5.02 Å². The van der Waals surface area contributed by atoms with Crippen molar-refractivity contribution in [3.8, 4) is 17.2 Å². The van der Waals surface area contributed by atoms with Crippen LogP contribution in [0.3, 0.4) is 0 Å². The Morgan fingerprint density at radius 1 is 1.13 bits per heavy atom. The fraction of sp³-hybridized carbons (Fsp3) is 0.357. The molecule has 1 aromatic carbocycles. The highest BCUT2D eigenvalue weighted by Gasteiger charge is 2.39. The normalized spacial score (nSPS) is 14.4. The van der Waals surface area contributed by atoms with E-state index in [1.54, 1.807) is 6.92 Å². The largest absolute Gasteiger partial charge is 0.462 e. The standard InChI is InChI=1S/C28H26ClF3N8O6/c1-2-46-26(44)19-6-3-11-33-23(19)40-24(25(43)37-12-4-5-18(41)13-37)34-21(35-40)15-39-27(45)38(14-20(42)28(30,31)32)22(36-39)16-7-9-17(29)10-8-16/h3,6-11,20,42H,2,4-5,12-15H2,1H3/t20-/m0/s1. The maximum absolute atomic E-state index is 13.6. The van der Waals surface area contributed by atoms with Gasteiger partial charge in [0, 0.05) is 29.7 Å². The van der Waals surface area contributed by atoms with Crippen LogP contribution in [-0.2, 0) is 22.6 Å². The van der Waals surface area contributed by atoms with Crippen LogP contribution in [0.15, 0.2) is 47.4 Å². The number of ether oxygens (including phenoxy) is 1. The Bertz CT molecular complexity index is 1840. The fourth-order valence-corrected chi connectivity index (χ4v) is 4.85. The molecule has 4 aromatic rings. The molecule has 5 rings (SSSR count). The van der Waals surface area contributed by atoms with Crippen molar-refractivity contribution in [2.24, 2.45) is 0 Å². The molecule has 0 spiro atoms. The van der Waals surface area contributed by atoms with Gasteiger partial charge in [-0.1, -0.05) is 11.6 Å². The average Bonchev–Trinajstić information content (AvgIpc) is 3.57. The third kappa shape index (κ3) is 6.84. The van der Waals surface area contributed by atoms with Crippen molar-refractivity contribution in [1.29, 1.82) is 0 Å². The van der Waals surface area contributed by atoms with Crippen LogP contribution in [0.1, 0.15) is 46.6 Å². The minimum absolute atomic E-state index is 0.0437. The number of ketones is 1. The van der Waals surface area contributed by atoms with Crippen LogP contribution in [-0.4, -0.2) is 93.7 Å². The molecule has 4 heterocycles. The van der Waals surface area contributed by atoms with Crippen LogP contribution < -0.4 is 5.69 Å². The number of aromatic nitrogens is 7. The number of piperidine rings is 1. The van der Waals surface area contributed by atoms with Crippen LogP contribution >= 0.6 is 11.6 Å². The summed E-state index contributed by atoms with van der Waals surface area (Å²) in [7, 11) is 0. The Kier molecular flexibility index (Phi) is 9.34. The highest BCUT2D eigenvalue weighted by Crippen LogP contribution is 2.24. The summed E-state index contributed by atoms with van der Waals surface area (Å²) in [4.78, 5) is 61.6. The average molecular weight is 663 g/mol. The Hall–Kier alpha value is -4.90. The van der Waals surface area contributed by atoms with E-state index < -0.39 is 42.9 Å². The van der Waals surface area contributed by atoms with E-state index in [2.05, 4.69) is 20.2 Å². The van der Waals surface area contributed by atoms with Gasteiger partial charge in [0.25, 0.3) is 5.91 Å². The Balaban J connectivity index is 1.60. The lowest BCUT2D eigenvalue weighted by Gasteiger charge is -2.25. The monoisotopic (exact) mass is 662 g/mol. The maximum atomic E-state index is 13.6. The summed E-state index contributed by atoms with van der Waals surface area (Å²) in [5, 5.41) is 18.6. The lowest BCUT2D eigenvalue weighted by Crippen LogP contribution is -2.41. The number of rotatable bonds is 9. The number of aliphatic hydroxyl groups excluding tert-OH is 1. The van der Waals surface area contributed by atoms with Crippen molar-refractivity contribution in [3.63, 3.8) is 0 Å². The Labute approximate surface area is 263 Å². The molecule has 1 N–H and O–H groups in total. The van der Waals surface area contributed by atoms with Crippen molar-refractivity contribution >= 4 is 29.3 Å². The number of halogens is 4. The van der Waals surface area contributed by atoms with E-state index in [1.165, 1.54) is 47.5 Å². The van der Waals surface area contributed by atoms with Crippen molar-refractivity contribution in [1.82, 2.24) is 39.0 Å². The SMILES string of the molecule is CCOC(=O)c1cccnc1-n1nc(Cn2nc(-c3ccc(Cl)cc3)n(C[C@H](O)C(F)(F)F)c2=O)nc1C(=O)N1CCCC(=O)C1. The molecular formula is C28H26ClF3N8O6.